The second kappa shape index (κ2) is 16.1. The number of hydrogen-bond acceptors (Lipinski definition) is 8. The van der Waals surface area contributed by atoms with E-state index in [0.29, 0.717) is 0 Å². The van der Waals surface area contributed by atoms with Gasteiger partial charge < -0.3 is 31.1 Å². The van der Waals surface area contributed by atoms with Crippen LogP contribution in [0, 0.1) is 0 Å². The van der Waals surface area contributed by atoms with E-state index in [1.165, 1.54) is 0 Å². The Hall–Kier alpha value is -1.80. The number of carbonyl (C=O) groups is 4. The van der Waals surface area contributed by atoms with Crippen molar-refractivity contribution in [3.05, 3.63) is 0 Å². The molecule has 0 aliphatic heterocycles. The van der Waals surface area contributed by atoms with Crippen molar-refractivity contribution in [2.24, 2.45) is 5.90 Å². The van der Waals surface area contributed by atoms with Gasteiger partial charge in [0.05, 0.1) is 26.2 Å². The zero-order valence-electron chi connectivity index (χ0n) is 12.5. The maximum atomic E-state index is 11.0. The Balaban J connectivity index is -0.000000667. The minimum atomic E-state index is -1.22. The minimum absolute atomic E-state index is 0. The number of carboxylic acids is 3. The molecule has 13 nitrogen and oxygen atoms in total. The summed E-state index contributed by atoms with van der Waals surface area (Å²) in [6.45, 7) is -2.03. The standard InChI is InChI=1S/C10H17N3O8.Fe.2H2O/c11-21-10(20)6-13(5-9(18)19)2-1-12(3-7(14)15)4-8(16)17;;;/h1-6,11H2,(H,14,15)(H,16,17)(H,18,19);;2*1H2. The van der Waals surface area contributed by atoms with E-state index in [0.717, 1.165) is 9.80 Å². The van der Waals surface area contributed by atoms with Gasteiger partial charge in [-0.05, 0) is 0 Å². The van der Waals surface area contributed by atoms with Gasteiger partial charge in [0.1, 0.15) is 0 Å². The number of carboxylic acid groups (broad SMARTS) is 3. The average molecular weight is 399 g/mol. The summed E-state index contributed by atoms with van der Waals surface area (Å²) in [6, 6.07) is 0. The molecule has 24 heavy (non-hydrogen) atoms. The van der Waals surface area contributed by atoms with Gasteiger partial charge in [0.25, 0.3) is 0 Å². The maximum Gasteiger partial charge on any atom is 0.338 e. The third-order valence-corrected chi connectivity index (χ3v) is 2.29. The van der Waals surface area contributed by atoms with Crippen LogP contribution in [0.5, 0.6) is 0 Å². The summed E-state index contributed by atoms with van der Waals surface area (Å²) in [7, 11) is 0. The molecular formula is C10H21FeN3O10. The molecule has 0 saturated heterocycles. The van der Waals surface area contributed by atoms with Crippen molar-refractivity contribution in [2.45, 2.75) is 0 Å². The molecule has 0 fully saturated rings. The molecule has 0 atom stereocenters. The first-order chi connectivity index (χ1) is 9.74. The van der Waals surface area contributed by atoms with Gasteiger partial charge in [-0.1, -0.05) is 0 Å². The summed E-state index contributed by atoms with van der Waals surface area (Å²) in [4.78, 5) is 49.0. The molecular weight excluding hydrogens is 378 g/mol. The second-order valence-corrected chi connectivity index (χ2v) is 4.09. The zero-order chi connectivity index (χ0) is 16.4. The van der Waals surface area contributed by atoms with Crippen molar-refractivity contribution in [3.8, 4) is 0 Å². The molecule has 0 aromatic carbocycles. The quantitative estimate of drug-likeness (QED) is 0.191. The van der Waals surface area contributed by atoms with E-state index in [4.69, 9.17) is 15.3 Å². The fourth-order valence-electron chi connectivity index (χ4n) is 1.50. The van der Waals surface area contributed by atoms with Crippen LogP contribution in [0.2, 0.25) is 0 Å². The van der Waals surface area contributed by atoms with Gasteiger partial charge in [0.2, 0.25) is 0 Å². The molecule has 0 aliphatic carbocycles. The van der Waals surface area contributed by atoms with Crippen LogP contribution in [-0.2, 0) is 41.1 Å². The van der Waals surface area contributed by atoms with Gasteiger partial charge >= 0.3 is 23.9 Å². The van der Waals surface area contributed by atoms with Gasteiger partial charge in [0.15, 0.2) is 0 Å². The van der Waals surface area contributed by atoms with E-state index in [1.54, 1.807) is 0 Å². The largest absolute Gasteiger partial charge is 0.480 e. The van der Waals surface area contributed by atoms with Crippen molar-refractivity contribution in [2.75, 3.05) is 39.3 Å². The number of rotatable bonds is 11. The van der Waals surface area contributed by atoms with Crippen molar-refractivity contribution < 1.29 is 67.4 Å². The molecule has 0 amide bonds. The van der Waals surface area contributed by atoms with Crippen LogP contribution in [0.25, 0.3) is 0 Å². The van der Waals surface area contributed by atoms with E-state index >= 15 is 0 Å². The zero-order valence-corrected chi connectivity index (χ0v) is 13.6. The predicted octanol–water partition coefficient (Wildman–Crippen LogP) is -4.39. The van der Waals surface area contributed by atoms with Crippen molar-refractivity contribution >= 4 is 23.9 Å². The Morgan fingerprint density at radius 2 is 1.04 bits per heavy atom. The summed E-state index contributed by atoms with van der Waals surface area (Å²) in [5.74, 6) is 0.142. The van der Waals surface area contributed by atoms with E-state index in [1.807, 2.05) is 0 Å². The smallest absolute Gasteiger partial charge is 0.338 e. The monoisotopic (exact) mass is 399 g/mol. The Labute approximate surface area is 147 Å². The Morgan fingerprint density at radius 1 is 0.750 bits per heavy atom. The summed E-state index contributed by atoms with van der Waals surface area (Å²) in [5, 5.41) is 26.0. The second-order valence-electron chi connectivity index (χ2n) is 4.09. The molecule has 0 radical (unpaired) electrons. The Bertz CT molecular complexity index is 392. The van der Waals surface area contributed by atoms with Crippen LogP contribution < -0.4 is 5.90 Å². The molecule has 0 unspecified atom stereocenters. The fraction of sp³-hybridized carbons (Fsp3) is 0.600. The number of nitrogens with two attached hydrogens (primary N) is 1. The summed E-state index contributed by atoms with van der Waals surface area (Å²) < 4.78 is 0. The van der Waals surface area contributed by atoms with Gasteiger partial charge in [0, 0.05) is 30.2 Å². The van der Waals surface area contributed by atoms with Gasteiger partial charge in [-0.25, -0.2) is 4.79 Å². The number of aliphatic carboxylic acids is 3. The molecule has 144 valence electrons. The molecule has 0 aromatic heterocycles. The molecule has 0 aromatic rings. The number of nitrogens with zero attached hydrogens (tertiary/aromatic N) is 2. The van der Waals surface area contributed by atoms with Gasteiger partial charge in [-0.15, -0.1) is 0 Å². The first-order valence-electron chi connectivity index (χ1n) is 5.74. The Kier molecular flexibility index (Phi) is 20.2. The van der Waals surface area contributed by atoms with Crippen LogP contribution in [0.3, 0.4) is 0 Å². The number of carbonyl (C=O) groups excluding carboxylic acids is 1. The topological polar surface area (TPSA) is 234 Å². The van der Waals surface area contributed by atoms with Crippen LogP contribution >= 0.6 is 0 Å². The van der Waals surface area contributed by atoms with Crippen LogP contribution in [0.15, 0.2) is 0 Å². The molecule has 14 heteroatoms. The van der Waals surface area contributed by atoms with E-state index in [2.05, 4.69) is 10.7 Å². The first kappa shape index (κ1) is 30.1. The third kappa shape index (κ3) is 16.6. The van der Waals surface area contributed by atoms with Crippen molar-refractivity contribution in [3.63, 3.8) is 0 Å². The van der Waals surface area contributed by atoms with Crippen LogP contribution in [-0.4, -0.2) is 99.2 Å². The maximum absolute atomic E-state index is 11.0. The first-order valence-corrected chi connectivity index (χ1v) is 5.74. The van der Waals surface area contributed by atoms with Crippen molar-refractivity contribution in [1.29, 1.82) is 0 Å². The van der Waals surface area contributed by atoms with Crippen LogP contribution in [0.4, 0.5) is 0 Å². The normalized spacial score (nSPS) is 9.29. The third-order valence-electron chi connectivity index (χ3n) is 2.29. The summed E-state index contributed by atoms with van der Waals surface area (Å²) in [5.41, 5.74) is 0. The van der Waals surface area contributed by atoms with Crippen molar-refractivity contribution in [1.82, 2.24) is 9.80 Å². The fourth-order valence-corrected chi connectivity index (χ4v) is 1.50. The molecule has 0 bridgehead atoms. The summed E-state index contributed by atoms with van der Waals surface area (Å²) in [6.07, 6.45) is 0. The summed E-state index contributed by atoms with van der Waals surface area (Å²) >= 11 is 0. The molecule has 0 saturated carbocycles. The van der Waals surface area contributed by atoms with E-state index in [-0.39, 0.29) is 41.1 Å². The molecule has 0 heterocycles. The Morgan fingerprint density at radius 3 is 1.29 bits per heavy atom. The van der Waals surface area contributed by atoms with Gasteiger partial charge in [-0.3, -0.25) is 24.2 Å². The van der Waals surface area contributed by atoms with E-state index in [9.17, 15) is 19.2 Å². The predicted molar refractivity (Wildman–Crippen MR) is 73.3 cm³/mol. The molecule has 0 spiro atoms. The van der Waals surface area contributed by atoms with E-state index < -0.39 is 50.1 Å². The van der Waals surface area contributed by atoms with Gasteiger partial charge in [-0.2, -0.15) is 5.90 Å². The number of hydrogen-bond donors (Lipinski definition) is 4. The molecule has 0 aliphatic rings. The minimum Gasteiger partial charge on any atom is -0.480 e. The molecule has 0 rings (SSSR count). The average Bonchev–Trinajstić information content (AvgIpc) is 2.33. The SMILES string of the molecule is NOC(=O)CN(CCN(CC(=O)O)CC(=O)O)CC(=O)O.O.O.[Fe]. The van der Waals surface area contributed by atoms with Crippen LogP contribution in [0.1, 0.15) is 0 Å². The molecule has 9 N–H and O–H groups in total.